The van der Waals surface area contributed by atoms with Crippen molar-refractivity contribution in [3.8, 4) is 10.4 Å². The molecule has 0 radical (unpaired) electrons. The van der Waals surface area contributed by atoms with Gasteiger partial charge >= 0.3 is 75.2 Å². The predicted molar refractivity (Wildman–Crippen MR) is 45.2 cm³/mol. The van der Waals surface area contributed by atoms with Crippen LogP contribution in [0.15, 0.2) is 10.7 Å². The molecule has 0 aliphatic rings. The quantitative estimate of drug-likeness (QED) is 0.345. The van der Waals surface area contributed by atoms with Gasteiger partial charge in [-0.3, -0.25) is 0 Å². The van der Waals surface area contributed by atoms with Crippen LogP contribution >= 0.6 is 22.9 Å². The van der Waals surface area contributed by atoms with E-state index in [4.69, 9.17) is 6.42 Å². The van der Waals surface area contributed by atoms with Crippen molar-refractivity contribution in [2.75, 3.05) is 7.05 Å². The third-order valence-electron chi connectivity index (χ3n) is 0.814. The van der Waals surface area contributed by atoms with E-state index in [0.717, 1.165) is 0 Å². The van der Waals surface area contributed by atoms with Gasteiger partial charge in [0.2, 0.25) is 0 Å². The molecule has 0 aromatic heterocycles. The van der Waals surface area contributed by atoms with Crippen LogP contribution in [0.5, 0.6) is 0 Å². The number of hydrogen-bond donors (Lipinski definition) is 2. The molecule has 0 bridgehead atoms. The molecule has 2 nitrogen and oxygen atoms in total. The third-order valence-corrected chi connectivity index (χ3v) is 9.78. The first kappa shape index (κ1) is 9.68. The summed E-state index contributed by atoms with van der Waals surface area (Å²) in [6.45, 7) is 3.65. The van der Waals surface area contributed by atoms with E-state index in [1.807, 2.05) is 11.1 Å². The van der Waals surface area contributed by atoms with Crippen LogP contribution in [0.2, 0.25) is 0 Å². The van der Waals surface area contributed by atoms with Crippen molar-refractivity contribution >= 4 is 22.9 Å². The zero-order chi connectivity index (χ0) is 7.33. The Kier molecular flexibility index (Phi) is 4.83. The van der Waals surface area contributed by atoms with E-state index in [-0.39, 0.29) is 0 Å². The van der Waals surface area contributed by atoms with Gasteiger partial charge < -0.3 is 0 Å². The van der Waals surface area contributed by atoms with Gasteiger partial charge in [0, 0.05) is 0 Å². The van der Waals surface area contributed by atoms with E-state index in [0.29, 0.717) is 0 Å². The second kappa shape index (κ2) is 4.49. The summed E-state index contributed by atoms with van der Waals surface area (Å²) in [5.41, 5.74) is 0. The van der Waals surface area contributed by atoms with Crippen LogP contribution in [0.1, 0.15) is 0 Å². The number of hydrogen-bond acceptors (Lipinski definition) is 2. The van der Waals surface area contributed by atoms with Crippen molar-refractivity contribution < 1.29 is 19.0 Å². The summed E-state index contributed by atoms with van der Waals surface area (Å²) in [5.74, 6) is 0. The van der Waals surface area contributed by atoms with Gasteiger partial charge in [0.25, 0.3) is 0 Å². The molecule has 54 valence electrons. The average Bonchev–Trinajstić information content (AvgIpc) is 1.95. The van der Waals surface area contributed by atoms with Gasteiger partial charge in [0.15, 0.2) is 0 Å². The van der Waals surface area contributed by atoms with E-state index >= 15 is 0 Å². The van der Waals surface area contributed by atoms with Crippen LogP contribution in [0.4, 0.5) is 0 Å². The summed E-state index contributed by atoms with van der Waals surface area (Å²) in [4.78, 5) is 0. The topological polar surface area (TPSA) is 24.1 Å². The van der Waals surface area contributed by atoms with Gasteiger partial charge in [-0.05, 0) is 0 Å². The average molecular weight is 351 g/mol. The van der Waals surface area contributed by atoms with Crippen molar-refractivity contribution in [3.05, 3.63) is 10.7 Å². The van der Waals surface area contributed by atoms with Gasteiger partial charge in [-0.25, -0.2) is 0 Å². The molecular weight excluding hydrogens is 342 g/mol. The molecule has 0 aromatic carbocycles. The Labute approximate surface area is 74.6 Å². The Morgan fingerprint density at radius 3 is 2.44 bits per heavy atom. The minimum absolute atomic E-state index is 1.82. The maximum atomic E-state index is 5.27. The fourth-order valence-corrected chi connectivity index (χ4v) is 5.03. The molecule has 0 heterocycles. The van der Waals surface area contributed by atoms with E-state index in [1.54, 1.807) is 0 Å². The van der Waals surface area contributed by atoms with E-state index in [9.17, 15) is 0 Å². The normalized spacial score (nSPS) is 19.2. The second-order valence-corrected chi connectivity index (χ2v) is 10.3. The standard InChI is InChI=1S/C5H9I2N2/c1-4-7(5-2,8-3)9-6/h1,5,8-9H,2H2,3H3/q-1. The van der Waals surface area contributed by atoms with Gasteiger partial charge in [-0.15, -0.1) is 0 Å². The summed E-state index contributed by atoms with van der Waals surface area (Å²) in [5, 5.41) is 0. The van der Waals surface area contributed by atoms with Gasteiger partial charge in [0.1, 0.15) is 0 Å². The Morgan fingerprint density at radius 2 is 2.44 bits per heavy atom. The van der Waals surface area contributed by atoms with Crippen molar-refractivity contribution in [2.45, 2.75) is 0 Å². The first-order valence-corrected chi connectivity index (χ1v) is 7.73. The molecule has 0 fully saturated rings. The number of nitrogens with one attached hydrogen (secondary N) is 2. The summed E-state index contributed by atoms with van der Waals surface area (Å²) < 4.78 is 10.6. The Hall–Kier alpha value is 0.680. The van der Waals surface area contributed by atoms with Crippen LogP contribution < -0.4 is 24.3 Å². The molecule has 2 N–H and O–H groups in total. The molecule has 0 aromatic rings. The molecule has 9 heavy (non-hydrogen) atoms. The van der Waals surface area contributed by atoms with Crippen LogP contribution in [0, 0.1) is 10.4 Å². The molecule has 0 saturated carbocycles. The van der Waals surface area contributed by atoms with Gasteiger partial charge in [-0.2, -0.15) is 0 Å². The monoisotopic (exact) mass is 351 g/mol. The first-order valence-electron chi connectivity index (χ1n) is 2.17. The van der Waals surface area contributed by atoms with Gasteiger partial charge in [-0.1, -0.05) is 0 Å². The Balaban J connectivity index is 4.21. The number of terminal acetylenes is 1. The number of halogens is 2. The van der Waals surface area contributed by atoms with Crippen LogP contribution in [-0.2, 0) is 0 Å². The zero-order valence-electron chi connectivity index (χ0n) is 5.12. The predicted octanol–water partition coefficient (Wildman–Crippen LogP) is -2.13. The SMILES string of the molecule is C#C[I-](C=C)(NC)NI. The third kappa shape index (κ3) is 2.41. The van der Waals surface area contributed by atoms with Crippen LogP contribution in [0.3, 0.4) is 0 Å². The minimum atomic E-state index is -2.32. The van der Waals surface area contributed by atoms with E-state index < -0.39 is 19.0 Å². The molecule has 1 atom stereocenters. The fraction of sp³-hybridized carbons (Fsp3) is 0.200. The summed E-state index contributed by atoms with van der Waals surface area (Å²) in [6.07, 6.45) is 5.27. The second-order valence-electron chi connectivity index (χ2n) is 1.13. The van der Waals surface area contributed by atoms with Crippen molar-refractivity contribution in [3.63, 3.8) is 0 Å². The summed E-state index contributed by atoms with van der Waals surface area (Å²) >= 11 is -0.259. The molecule has 0 spiro atoms. The van der Waals surface area contributed by atoms with E-state index in [1.165, 1.54) is 0 Å². The van der Waals surface area contributed by atoms with Crippen LogP contribution in [0.25, 0.3) is 0 Å². The van der Waals surface area contributed by atoms with Gasteiger partial charge in [0.05, 0.1) is 0 Å². The summed E-state index contributed by atoms with van der Waals surface area (Å²) in [7, 11) is 1.85. The van der Waals surface area contributed by atoms with Crippen molar-refractivity contribution in [2.24, 2.45) is 0 Å². The molecule has 0 rings (SSSR count). The molecule has 0 aliphatic heterocycles. The zero-order valence-corrected chi connectivity index (χ0v) is 9.43. The molecule has 0 saturated heterocycles. The van der Waals surface area contributed by atoms with Crippen molar-refractivity contribution in [1.29, 1.82) is 0 Å². The van der Waals surface area contributed by atoms with Crippen molar-refractivity contribution in [1.82, 2.24) is 5.27 Å². The molecule has 4 heteroatoms. The molecule has 1 unspecified atom stereocenters. The fourth-order valence-electron chi connectivity index (χ4n) is 0.262. The van der Waals surface area contributed by atoms with Crippen LogP contribution in [-0.4, -0.2) is 7.05 Å². The molecule has 0 aliphatic carbocycles. The van der Waals surface area contributed by atoms with E-state index in [2.05, 4.69) is 38.6 Å². The summed E-state index contributed by atoms with van der Waals surface area (Å²) in [6, 6.07) is 0. The molecular formula is C5H9I2N2-. The Morgan fingerprint density at radius 1 is 1.89 bits per heavy atom. The Bertz CT molecular complexity index is 134. The maximum absolute atomic E-state index is 5.27. The first-order chi connectivity index (χ1) is 4.24. The number of rotatable bonds is 3. The molecule has 0 amide bonds.